The van der Waals surface area contributed by atoms with Gasteiger partial charge in [0, 0.05) is 12.5 Å². The maximum Gasteiger partial charge on any atom is 0.199 e. The minimum absolute atomic E-state index is 0.0234. The molecule has 0 fully saturated rings. The van der Waals surface area contributed by atoms with Gasteiger partial charge in [-0.05, 0) is 29.8 Å². The summed E-state index contributed by atoms with van der Waals surface area (Å²) in [5.74, 6) is -0.284. The van der Waals surface area contributed by atoms with Crippen molar-refractivity contribution in [1.82, 2.24) is 4.98 Å². The van der Waals surface area contributed by atoms with Crippen LogP contribution in [-0.4, -0.2) is 28.1 Å². The molecule has 1 heterocycles. The first kappa shape index (κ1) is 14.7. The Morgan fingerprint density at radius 3 is 2.35 bits per heavy atom. The van der Waals surface area contributed by atoms with Gasteiger partial charge in [0.1, 0.15) is 0 Å². The minimum Gasteiger partial charge on any atom is -0.245 e. The third-order valence-electron chi connectivity index (χ3n) is 2.64. The molecule has 0 spiro atoms. The maximum atomic E-state index is 12.2. The first-order chi connectivity index (χ1) is 9.29. The van der Waals surface area contributed by atoms with Gasteiger partial charge < -0.3 is 0 Å². The van der Waals surface area contributed by atoms with Gasteiger partial charge in [-0.1, -0.05) is 18.2 Å². The normalized spacial score (nSPS) is 12.2. The molecule has 106 valence electrons. The van der Waals surface area contributed by atoms with E-state index in [0.717, 1.165) is 6.26 Å². The second-order valence-electron chi connectivity index (χ2n) is 4.35. The highest BCUT2D eigenvalue weighted by atomic mass is 32.2. The fourth-order valence-electron chi connectivity index (χ4n) is 1.69. The SMILES string of the molecule is CS(=O)(=O)c1cccc(CS(=O)(=O)c2ccccn2)c1. The van der Waals surface area contributed by atoms with E-state index in [9.17, 15) is 16.8 Å². The molecule has 0 unspecified atom stereocenters. The van der Waals surface area contributed by atoms with Crippen LogP contribution < -0.4 is 0 Å². The molecule has 1 aromatic heterocycles. The van der Waals surface area contributed by atoms with Gasteiger partial charge in [-0.15, -0.1) is 0 Å². The highest BCUT2D eigenvalue weighted by Gasteiger charge is 2.17. The van der Waals surface area contributed by atoms with E-state index in [1.807, 2.05) is 0 Å². The second-order valence-corrected chi connectivity index (χ2v) is 8.30. The van der Waals surface area contributed by atoms with E-state index in [1.165, 1.54) is 30.5 Å². The summed E-state index contributed by atoms with van der Waals surface area (Å²) in [5, 5.41) is -0.0234. The lowest BCUT2D eigenvalue weighted by atomic mass is 10.2. The fraction of sp³-hybridized carbons (Fsp3) is 0.154. The topological polar surface area (TPSA) is 81.2 Å². The molecule has 20 heavy (non-hydrogen) atoms. The number of pyridine rings is 1. The standard InChI is InChI=1S/C13H13NO4S2/c1-19(15,16)12-6-4-5-11(9-12)10-20(17,18)13-7-2-3-8-14-13/h2-9H,10H2,1H3. The number of benzene rings is 1. The predicted molar refractivity (Wildman–Crippen MR) is 74.7 cm³/mol. The van der Waals surface area contributed by atoms with Crippen LogP contribution in [0.5, 0.6) is 0 Å². The molecule has 0 aliphatic rings. The molecule has 7 heteroatoms. The van der Waals surface area contributed by atoms with Crippen molar-refractivity contribution in [3.8, 4) is 0 Å². The zero-order valence-electron chi connectivity index (χ0n) is 10.7. The molecule has 0 amide bonds. The fourth-order valence-corrected chi connectivity index (χ4v) is 3.66. The molecular formula is C13H13NO4S2. The van der Waals surface area contributed by atoms with Gasteiger partial charge in [0.05, 0.1) is 10.6 Å². The Hall–Kier alpha value is -1.73. The van der Waals surface area contributed by atoms with Crippen LogP contribution in [0.25, 0.3) is 0 Å². The van der Waals surface area contributed by atoms with Crippen molar-refractivity contribution >= 4 is 19.7 Å². The van der Waals surface area contributed by atoms with Crippen LogP contribution in [0.3, 0.4) is 0 Å². The Bertz CT molecular complexity index is 812. The van der Waals surface area contributed by atoms with Crippen LogP contribution in [0.4, 0.5) is 0 Å². The smallest absolute Gasteiger partial charge is 0.199 e. The van der Waals surface area contributed by atoms with E-state index in [4.69, 9.17) is 0 Å². The van der Waals surface area contributed by atoms with E-state index in [-0.39, 0.29) is 15.7 Å². The summed E-state index contributed by atoms with van der Waals surface area (Å²) in [6, 6.07) is 10.5. The summed E-state index contributed by atoms with van der Waals surface area (Å²) in [6.45, 7) is 0. The van der Waals surface area contributed by atoms with Gasteiger partial charge in [-0.25, -0.2) is 21.8 Å². The third kappa shape index (κ3) is 3.43. The minimum atomic E-state index is -3.58. The molecule has 1 aromatic carbocycles. The summed E-state index contributed by atoms with van der Waals surface area (Å²) < 4.78 is 47.2. The quantitative estimate of drug-likeness (QED) is 0.854. The summed E-state index contributed by atoms with van der Waals surface area (Å²) in [4.78, 5) is 3.91. The molecule has 0 radical (unpaired) electrons. The highest BCUT2D eigenvalue weighted by Crippen LogP contribution is 2.17. The van der Waals surface area contributed by atoms with E-state index in [2.05, 4.69) is 4.98 Å². The summed E-state index contributed by atoms with van der Waals surface area (Å²) >= 11 is 0. The lowest BCUT2D eigenvalue weighted by Crippen LogP contribution is -2.07. The van der Waals surface area contributed by atoms with Crippen molar-refractivity contribution in [3.63, 3.8) is 0 Å². The van der Waals surface area contributed by atoms with Crippen molar-refractivity contribution < 1.29 is 16.8 Å². The van der Waals surface area contributed by atoms with Gasteiger partial charge in [-0.2, -0.15) is 0 Å². The van der Waals surface area contributed by atoms with Gasteiger partial charge in [0.2, 0.25) is 0 Å². The lowest BCUT2D eigenvalue weighted by Gasteiger charge is -2.05. The number of rotatable bonds is 4. The Balaban J connectivity index is 2.36. The average molecular weight is 311 g/mol. The summed E-state index contributed by atoms with van der Waals surface area (Å²) in [5.41, 5.74) is 0.415. The largest absolute Gasteiger partial charge is 0.245 e. The van der Waals surface area contributed by atoms with Crippen molar-refractivity contribution in [2.45, 2.75) is 15.7 Å². The maximum absolute atomic E-state index is 12.2. The molecule has 2 rings (SSSR count). The van der Waals surface area contributed by atoms with E-state index < -0.39 is 19.7 Å². The molecule has 0 aliphatic heterocycles. The Morgan fingerprint density at radius 2 is 1.75 bits per heavy atom. The zero-order chi connectivity index (χ0) is 14.8. The van der Waals surface area contributed by atoms with Crippen LogP contribution in [0.1, 0.15) is 5.56 Å². The van der Waals surface area contributed by atoms with Crippen LogP contribution in [0, 0.1) is 0 Å². The zero-order valence-corrected chi connectivity index (χ0v) is 12.4. The Labute approximate surface area is 118 Å². The first-order valence-corrected chi connectivity index (χ1v) is 9.26. The summed E-state index contributed by atoms with van der Waals surface area (Å²) in [7, 11) is -6.94. The van der Waals surface area contributed by atoms with E-state index >= 15 is 0 Å². The molecule has 0 N–H and O–H groups in total. The monoisotopic (exact) mass is 311 g/mol. The molecule has 0 bridgehead atoms. The molecule has 0 saturated heterocycles. The van der Waals surface area contributed by atoms with Gasteiger partial charge in [-0.3, -0.25) is 0 Å². The van der Waals surface area contributed by atoms with E-state index in [0.29, 0.717) is 5.56 Å². The number of sulfone groups is 2. The Kier molecular flexibility index (Phi) is 3.92. The molecular weight excluding hydrogens is 298 g/mol. The Morgan fingerprint density at radius 1 is 1.00 bits per heavy atom. The van der Waals surface area contributed by atoms with Crippen molar-refractivity contribution in [2.75, 3.05) is 6.26 Å². The average Bonchev–Trinajstić information content (AvgIpc) is 2.38. The number of nitrogens with zero attached hydrogens (tertiary/aromatic N) is 1. The molecule has 2 aromatic rings. The van der Waals surface area contributed by atoms with Crippen LogP contribution in [0.15, 0.2) is 58.6 Å². The molecule has 5 nitrogen and oxygen atoms in total. The molecule has 0 saturated carbocycles. The number of hydrogen-bond donors (Lipinski definition) is 0. The van der Waals surface area contributed by atoms with Crippen LogP contribution in [-0.2, 0) is 25.4 Å². The van der Waals surface area contributed by atoms with Gasteiger partial charge in [0.25, 0.3) is 0 Å². The van der Waals surface area contributed by atoms with Crippen molar-refractivity contribution in [2.24, 2.45) is 0 Å². The number of aromatic nitrogens is 1. The van der Waals surface area contributed by atoms with Crippen LogP contribution >= 0.6 is 0 Å². The lowest BCUT2D eigenvalue weighted by molar-refractivity contribution is 0.590. The van der Waals surface area contributed by atoms with Crippen molar-refractivity contribution in [1.29, 1.82) is 0 Å². The first-order valence-electron chi connectivity index (χ1n) is 5.72. The van der Waals surface area contributed by atoms with Crippen molar-refractivity contribution in [3.05, 3.63) is 54.2 Å². The third-order valence-corrected chi connectivity index (χ3v) is 5.34. The van der Waals surface area contributed by atoms with Gasteiger partial charge >= 0.3 is 0 Å². The number of hydrogen-bond acceptors (Lipinski definition) is 5. The molecule has 0 aliphatic carbocycles. The summed E-state index contributed by atoms with van der Waals surface area (Å²) in [6.07, 6.45) is 2.49. The second kappa shape index (κ2) is 5.34. The highest BCUT2D eigenvalue weighted by molar-refractivity contribution is 7.91. The molecule has 0 atom stereocenters. The van der Waals surface area contributed by atoms with Crippen LogP contribution in [0.2, 0.25) is 0 Å². The van der Waals surface area contributed by atoms with Gasteiger partial charge in [0.15, 0.2) is 24.7 Å². The van der Waals surface area contributed by atoms with E-state index in [1.54, 1.807) is 18.2 Å². The predicted octanol–water partition coefficient (Wildman–Crippen LogP) is 1.46.